The highest BCUT2D eigenvalue weighted by molar-refractivity contribution is 7.89. The number of rotatable bonds is 8. The molecule has 1 aromatic heterocycles. The van der Waals surface area contributed by atoms with Gasteiger partial charge in [-0.05, 0) is 60.9 Å². The molecule has 4 rings (SSSR count). The monoisotopic (exact) mass is 439 g/mol. The first-order valence-corrected chi connectivity index (χ1v) is 12.1. The molecular formula is C24H29N3O3S. The molecule has 0 saturated carbocycles. The van der Waals surface area contributed by atoms with Crippen molar-refractivity contribution in [1.82, 2.24) is 14.2 Å². The van der Waals surface area contributed by atoms with Gasteiger partial charge in [0.15, 0.2) is 0 Å². The van der Waals surface area contributed by atoms with Crippen molar-refractivity contribution in [3.63, 3.8) is 0 Å². The van der Waals surface area contributed by atoms with Crippen LogP contribution in [-0.4, -0.2) is 37.6 Å². The number of hydrogen-bond acceptors (Lipinski definition) is 4. The predicted octanol–water partition coefficient (Wildman–Crippen LogP) is 3.50. The minimum Gasteiger partial charge on any atom is -0.494 e. The van der Waals surface area contributed by atoms with Gasteiger partial charge in [0, 0.05) is 38.6 Å². The van der Waals surface area contributed by atoms with E-state index in [0.717, 1.165) is 25.2 Å². The van der Waals surface area contributed by atoms with Crippen LogP contribution >= 0.6 is 0 Å². The van der Waals surface area contributed by atoms with Crippen LogP contribution in [0.4, 0.5) is 0 Å². The first-order valence-electron chi connectivity index (χ1n) is 10.6. The van der Waals surface area contributed by atoms with Gasteiger partial charge >= 0.3 is 0 Å². The maximum Gasteiger partial charge on any atom is 0.240 e. The molecule has 1 atom stereocenters. The van der Waals surface area contributed by atoms with E-state index in [1.807, 2.05) is 26.2 Å². The Morgan fingerprint density at radius 1 is 1.03 bits per heavy atom. The minimum absolute atomic E-state index is 0.0640. The molecular weight excluding hydrogens is 410 g/mol. The Bertz CT molecular complexity index is 1120. The van der Waals surface area contributed by atoms with Crippen LogP contribution in [0.2, 0.25) is 0 Å². The summed E-state index contributed by atoms with van der Waals surface area (Å²) < 4.78 is 36.3. The topological polar surface area (TPSA) is 63.6 Å². The molecule has 0 saturated heterocycles. The molecule has 0 bridgehead atoms. The van der Waals surface area contributed by atoms with E-state index in [1.54, 1.807) is 24.3 Å². The number of nitrogens with one attached hydrogen (secondary N) is 1. The predicted molar refractivity (Wildman–Crippen MR) is 122 cm³/mol. The van der Waals surface area contributed by atoms with E-state index in [9.17, 15) is 8.42 Å². The van der Waals surface area contributed by atoms with E-state index in [2.05, 4.69) is 44.5 Å². The van der Waals surface area contributed by atoms with Crippen molar-refractivity contribution in [1.29, 1.82) is 0 Å². The summed E-state index contributed by atoms with van der Waals surface area (Å²) in [5, 5.41) is 0. The standard InChI is InChI=1S/C24H29N3O3S/c1-3-30-21-10-12-22(13-11-21)31(28,29)25-17-24(23-9-6-15-26(23)2)27-16-14-19-7-4-5-8-20(19)18-27/h4-13,15,24-25H,3,14,16-18H2,1-2H3/t24-/m0/s1. The fourth-order valence-electron chi connectivity index (χ4n) is 4.18. The SMILES string of the molecule is CCOc1ccc(S(=O)(=O)NC[C@@H](c2cccn2C)N2CCc3ccccc3C2)cc1. The van der Waals surface area contributed by atoms with Gasteiger partial charge in [-0.3, -0.25) is 4.90 Å². The lowest BCUT2D eigenvalue weighted by molar-refractivity contribution is 0.174. The summed E-state index contributed by atoms with van der Waals surface area (Å²) in [5.74, 6) is 0.662. The lowest BCUT2D eigenvalue weighted by atomic mass is 9.98. The van der Waals surface area contributed by atoms with E-state index in [0.29, 0.717) is 18.9 Å². The molecule has 31 heavy (non-hydrogen) atoms. The molecule has 1 aliphatic rings. The Morgan fingerprint density at radius 3 is 2.45 bits per heavy atom. The highest BCUT2D eigenvalue weighted by atomic mass is 32.2. The molecule has 3 aromatic rings. The Kier molecular flexibility index (Phi) is 6.46. The van der Waals surface area contributed by atoms with Gasteiger partial charge in [0.25, 0.3) is 0 Å². The van der Waals surface area contributed by atoms with E-state index in [-0.39, 0.29) is 10.9 Å². The van der Waals surface area contributed by atoms with Crippen LogP contribution in [0.25, 0.3) is 0 Å². The molecule has 1 aliphatic heterocycles. The first kappa shape index (κ1) is 21.6. The Hall–Kier alpha value is -2.61. The average molecular weight is 440 g/mol. The third-order valence-electron chi connectivity index (χ3n) is 5.84. The van der Waals surface area contributed by atoms with Gasteiger partial charge in [-0.25, -0.2) is 13.1 Å². The summed E-state index contributed by atoms with van der Waals surface area (Å²) in [6, 6.07) is 19.0. The van der Waals surface area contributed by atoms with Crippen LogP contribution in [0.3, 0.4) is 0 Å². The molecule has 6 nitrogen and oxygen atoms in total. The number of aromatic nitrogens is 1. The Labute approximate surface area is 184 Å². The third kappa shape index (κ3) is 4.84. The summed E-state index contributed by atoms with van der Waals surface area (Å²) in [6.45, 7) is 4.43. The number of fused-ring (bicyclic) bond motifs is 1. The number of benzene rings is 2. The molecule has 7 heteroatoms. The first-order chi connectivity index (χ1) is 15.0. The quantitative estimate of drug-likeness (QED) is 0.584. The third-order valence-corrected chi connectivity index (χ3v) is 7.28. The zero-order chi connectivity index (χ0) is 21.8. The van der Waals surface area contributed by atoms with E-state index >= 15 is 0 Å². The molecule has 1 N–H and O–H groups in total. The smallest absolute Gasteiger partial charge is 0.240 e. The zero-order valence-corrected chi connectivity index (χ0v) is 18.8. The highest BCUT2D eigenvalue weighted by Crippen LogP contribution is 2.28. The summed E-state index contributed by atoms with van der Waals surface area (Å²) in [5.41, 5.74) is 3.77. The van der Waals surface area contributed by atoms with E-state index in [4.69, 9.17) is 4.74 Å². The molecule has 0 aliphatic carbocycles. The second-order valence-electron chi connectivity index (χ2n) is 7.81. The van der Waals surface area contributed by atoms with Crippen LogP contribution in [-0.2, 0) is 30.0 Å². The van der Waals surface area contributed by atoms with Crippen LogP contribution in [0.1, 0.15) is 29.8 Å². The van der Waals surface area contributed by atoms with Gasteiger partial charge in [-0.2, -0.15) is 0 Å². The number of sulfonamides is 1. The summed E-state index contributed by atoms with van der Waals surface area (Å²) >= 11 is 0. The van der Waals surface area contributed by atoms with Crippen molar-refractivity contribution in [2.24, 2.45) is 7.05 Å². The maximum atomic E-state index is 13.0. The van der Waals surface area contributed by atoms with E-state index < -0.39 is 10.0 Å². The van der Waals surface area contributed by atoms with Gasteiger partial charge in [-0.15, -0.1) is 0 Å². The van der Waals surface area contributed by atoms with Crippen molar-refractivity contribution in [3.05, 3.63) is 83.7 Å². The van der Waals surface area contributed by atoms with E-state index in [1.165, 1.54) is 11.1 Å². The van der Waals surface area contributed by atoms with Gasteiger partial charge in [0.05, 0.1) is 17.5 Å². The van der Waals surface area contributed by atoms with Gasteiger partial charge < -0.3 is 9.30 Å². The largest absolute Gasteiger partial charge is 0.494 e. The van der Waals surface area contributed by atoms with Crippen LogP contribution in [0, 0.1) is 0 Å². The van der Waals surface area contributed by atoms with Crippen LogP contribution in [0.5, 0.6) is 5.75 Å². The second kappa shape index (κ2) is 9.26. The number of nitrogens with zero attached hydrogens (tertiary/aromatic N) is 2. The summed E-state index contributed by atoms with van der Waals surface area (Å²) in [4.78, 5) is 2.60. The minimum atomic E-state index is -3.63. The van der Waals surface area contributed by atoms with Crippen molar-refractivity contribution in [2.45, 2.75) is 30.8 Å². The number of ether oxygens (including phenoxy) is 1. The molecule has 0 spiro atoms. The second-order valence-corrected chi connectivity index (χ2v) is 9.57. The summed E-state index contributed by atoms with van der Waals surface area (Å²) in [7, 11) is -1.63. The fraction of sp³-hybridized carbons (Fsp3) is 0.333. The lowest BCUT2D eigenvalue weighted by Crippen LogP contribution is -2.41. The Morgan fingerprint density at radius 2 is 1.77 bits per heavy atom. The summed E-state index contributed by atoms with van der Waals surface area (Å²) in [6.07, 6.45) is 2.96. The fourth-order valence-corrected chi connectivity index (χ4v) is 5.22. The lowest BCUT2D eigenvalue weighted by Gasteiger charge is -2.36. The zero-order valence-electron chi connectivity index (χ0n) is 18.0. The number of hydrogen-bond donors (Lipinski definition) is 1. The van der Waals surface area contributed by atoms with Crippen molar-refractivity contribution in [3.8, 4) is 5.75 Å². The molecule has 0 radical (unpaired) electrons. The molecule has 2 aromatic carbocycles. The van der Waals surface area contributed by atoms with Crippen molar-refractivity contribution < 1.29 is 13.2 Å². The average Bonchev–Trinajstić information content (AvgIpc) is 3.20. The molecule has 0 unspecified atom stereocenters. The molecule has 2 heterocycles. The highest BCUT2D eigenvalue weighted by Gasteiger charge is 2.28. The normalized spacial score (nSPS) is 15.4. The van der Waals surface area contributed by atoms with Crippen molar-refractivity contribution in [2.75, 3.05) is 19.7 Å². The molecule has 0 amide bonds. The molecule has 164 valence electrons. The Balaban J connectivity index is 1.54. The van der Waals surface area contributed by atoms with Crippen LogP contribution in [0.15, 0.2) is 71.8 Å². The van der Waals surface area contributed by atoms with Gasteiger partial charge in [-0.1, -0.05) is 24.3 Å². The number of aryl methyl sites for hydroxylation is 1. The van der Waals surface area contributed by atoms with Gasteiger partial charge in [0.2, 0.25) is 10.0 Å². The van der Waals surface area contributed by atoms with Crippen molar-refractivity contribution >= 4 is 10.0 Å². The van der Waals surface area contributed by atoms with Gasteiger partial charge in [0.1, 0.15) is 5.75 Å². The molecule has 0 fully saturated rings. The van der Waals surface area contributed by atoms with Crippen LogP contribution < -0.4 is 9.46 Å². The maximum absolute atomic E-state index is 13.0.